The van der Waals surface area contributed by atoms with Gasteiger partial charge in [-0.25, -0.2) is 8.42 Å². The molecule has 7 nitrogen and oxygen atoms in total. The Kier molecular flexibility index (Phi) is 7.60. The number of nitrogens with zero attached hydrogens (tertiary/aromatic N) is 1. The molecule has 1 saturated carbocycles. The molecule has 34 heavy (non-hydrogen) atoms. The van der Waals surface area contributed by atoms with E-state index >= 15 is 0 Å². The summed E-state index contributed by atoms with van der Waals surface area (Å²) >= 11 is 0. The minimum atomic E-state index is -3.68. The van der Waals surface area contributed by atoms with Gasteiger partial charge in [-0.2, -0.15) is 0 Å². The molecule has 2 aliphatic rings. The number of benzene rings is 2. The smallest absolute Gasteiger partial charge is 0.261 e. The van der Waals surface area contributed by atoms with Crippen LogP contribution in [0.5, 0.6) is 0 Å². The molecule has 184 valence electrons. The monoisotopic (exact) mass is 485 g/mol. The summed E-state index contributed by atoms with van der Waals surface area (Å²) in [5.74, 6) is 0.401. The van der Waals surface area contributed by atoms with Gasteiger partial charge in [0.05, 0.1) is 23.5 Å². The summed E-state index contributed by atoms with van der Waals surface area (Å²) in [6.45, 7) is 8.89. The molecule has 0 radical (unpaired) electrons. The van der Waals surface area contributed by atoms with Crippen molar-refractivity contribution in [2.24, 2.45) is 0 Å². The molecule has 0 atom stereocenters. The highest BCUT2D eigenvalue weighted by atomic mass is 32.2. The Bertz CT molecular complexity index is 1070. The number of hydrogen-bond acceptors (Lipinski definition) is 5. The molecule has 2 aromatic carbocycles. The van der Waals surface area contributed by atoms with Crippen LogP contribution in [0.3, 0.4) is 0 Å². The molecule has 2 aromatic rings. The predicted molar refractivity (Wildman–Crippen MR) is 134 cm³/mol. The summed E-state index contributed by atoms with van der Waals surface area (Å²) in [4.78, 5) is 15.6. The van der Waals surface area contributed by atoms with Gasteiger partial charge in [-0.3, -0.25) is 14.4 Å². The third-order valence-electron chi connectivity index (χ3n) is 7.01. The first-order valence-corrected chi connectivity index (χ1v) is 13.6. The summed E-state index contributed by atoms with van der Waals surface area (Å²) in [5.41, 5.74) is 2.00. The van der Waals surface area contributed by atoms with E-state index < -0.39 is 15.4 Å². The maximum absolute atomic E-state index is 13.1. The third kappa shape index (κ3) is 5.45. The minimum absolute atomic E-state index is 0.0607. The second kappa shape index (κ2) is 10.5. The van der Waals surface area contributed by atoms with E-state index in [2.05, 4.69) is 28.8 Å². The largest absolute Gasteiger partial charge is 0.379 e. The Morgan fingerprint density at radius 3 is 2.24 bits per heavy atom. The summed E-state index contributed by atoms with van der Waals surface area (Å²) in [6.07, 6.45) is 2.63. The second-order valence-electron chi connectivity index (χ2n) is 9.55. The van der Waals surface area contributed by atoms with E-state index in [0.29, 0.717) is 18.2 Å². The van der Waals surface area contributed by atoms with E-state index in [4.69, 9.17) is 4.74 Å². The van der Waals surface area contributed by atoms with Crippen molar-refractivity contribution in [3.8, 4) is 0 Å². The first-order valence-electron chi connectivity index (χ1n) is 12.1. The van der Waals surface area contributed by atoms with Crippen molar-refractivity contribution in [3.63, 3.8) is 0 Å². The highest BCUT2D eigenvalue weighted by molar-refractivity contribution is 7.92. The minimum Gasteiger partial charge on any atom is -0.379 e. The van der Waals surface area contributed by atoms with Crippen LogP contribution in [0.4, 0.5) is 5.69 Å². The van der Waals surface area contributed by atoms with Crippen LogP contribution in [0.2, 0.25) is 0 Å². The number of rotatable bonds is 9. The Balaban J connectivity index is 1.38. The maximum Gasteiger partial charge on any atom is 0.261 e. The number of anilines is 1. The Morgan fingerprint density at radius 2 is 1.68 bits per heavy atom. The van der Waals surface area contributed by atoms with E-state index in [1.54, 1.807) is 24.3 Å². The SMILES string of the molecule is CC(C)c1ccc(S(=O)(=O)Nc2ccc(C3(C(=O)NCCN4CCOCC4)CCC3)cc2)cc1. The number of morpholine rings is 1. The van der Waals surface area contributed by atoms with E-state index in [-0.39, 0.29) is 10.8 Å². The van der Waals surface area contributed by atoms with Gasteiger partial charge in [0.1, 0.15) is 0 Å². The lowest BCUT2D eigenvalue weighted by molar-refractivity contribution is -0.130. The molecule has 4 rings (SSSR count). The Morgan fingerprint density at radius 1 is 1.03 bits per heavy atom. The lowest BCUT2D eigenvalue weighted by atomic mass is 9.64. The molecule has 1 heterocycles. The zero-order valence-electron chi connectivity index (χ0n) is 20.0. The van der Waals surface area contributed by atoms with Crippen LogP contribution in [0.15, 0.2) is 53.4 Å². The first kappa shape index (κ1) is 24.7. The molecule has 2 N–H and O–H groups in total. The van der Waals surface area contributed by atoms with Gasteiger partial charge in [0.15, 0.2) is 0 Å². The molecule has 1 aliphatic carbocycles. The Labute approximate surface area is 202 Å². The fraction of sp³-hybridized carbons (Fsp3) is 0.500. The summed E-state index contributed by atoms with van der Waals surface area (Å²) in [7, 11) is -3.68. The number of carbonyl (C=O) groups is 1. The zero-order chi connectivity index (χ0) is 24.2. The van der Waals surface area contributed by atoms with E-state index in [1.165, 1.54) is 0 Å². The van der Waals surface area contributed by atoms with Gasteiger partial charge in [0, 0.05) is 31.9 Å². The first-order chi connectivity index (χ1) is 16.3. The average Bonchev–Trinajstić information content (AvgIpc) is 2.80. The summed E-state index contributed by atoms with van der Waals surface area (Å²) in [5, 5.41) is 3.13. The third-order valence-corrected chi connectivity index (χ3v) is 8.40. The van der Waals surface area contributed by atoms with Gasteiger partial charge in [-0.05, 0) is 54.2 Å². The van der Waals surface area contributed by atoms with Gasteiger partial charge >= 0.3 is 0 Å². The van der Waals surface area contributed by atoms with Gasteiger partial charge in [-0.1, -0.05) is 44.5 Å². The van der Waals surface area contributed by atoms with Gasteiger partial charge < -0.3 is 10.1 Å². The lowest BCUT2D eigenvalue weighted by Gasteiger charge is -2.41. The molecule has 0 bridgehead atoms. The van der Waals surface area contributed by atoms with Crippen LogP contribution in [0.25, 0.3) is 0 Å². The van der Waals surface area contributed by atoms with Gasteiger partial charge in [-0.15, -0.1) is 0 Å². The molecule has 0 unspecified atom stereocenters. The van der Waals surface area contributed by atoms with Crippen molar-refractivity contribution in [2.75, 3.05) is 44.1 Å². The fourth-order valence-electron chi connectivity index (χ4n) is 4.60. The summed E-state index contributed by atoms with van der Waals surface area (Å²) in [6, 6.07) is 14.2. The number of amides is 1. The van der Waals surface area contributed by atoms with E-state index in [0.717, 1.165) is 63.2 Å². The van der Waals surface area contributed by atoms with Crippen molar-refractivity contribution in [2.45, 2.75) is 49.3 Å². The highest BCUT2D eigenvalue weighted by Gasteiger charge is 2.45. The quantitative estimate of drug-likeness (QED) is 0.568. The molecule has 1 saturated heterocycles. The van der Waals surface area contributed by atoms with Crippen LogP contribution >= 0.6 is 0 Å². The predicted octanol–water partition coefficient (Wildman–Crippen LogP) is 3.48. The van der Waals surface area contributed by atoms with E-state index in [1.807, 2.05) is 24.3 Å². The van der Waals surface area contributed by atoms with Crippen molar-refractivity contribution in [3.05, 3.63) is 59.7 Å². The molecule has 1 amide bonds. The van der Waals surface area contributed by atoms with Gasteiger partial charge in [0.25, 0.3) is 10.0 Å². The number of nitrogens with one attached hydrogen (secondary N) is 2. The number of sulfonamides is 1. The van der Waals surface area contributed by atoms with Crippen molar-refractivity contribution in [1.82, 2.24) is 10.2 Å². The molecule has 0 aromatic heterocycles. The molecule has 2 fully saturated rings. The number of hydrogen-bond donors (Lipinski definition) is 2. The van der Waals surface area contributed by atoms with Crippen molar-refractivity contribution >= 4 is 21.6 Å². The Hall–Kier alpha value is -2.42. The zero-order valence-corrected chi connectivity index (χ0v) is 20.9. The van der Waals surface area contributed by atoms with E-state index in [9.17, 15) is 13.2 Å². The average molecular weight is 486 g/mol. The topological polar surface area (TPSA) is 87.7 Å². The molecule has 0 spiro atoms. The van der Waals surface area contributed by atoms with Crippen LogP contribution in [-0.4, -0.2) is 58.6 Å². The molecule has 8 heteroatoms. The summed E-state index contributed by atoms with van der Waals surface area (Å²) < 4.78 is 33.6. The van der Waals surface area contributed by atoms with Gasteiger partial charge in [0.2, 0.25) is 5.91 Å². The number of carbonyl (C=O) groups excluding carboxylic acids is 1. The van der Waals surface area contributed by atoms with Crippen molar-refractivity contribution in [1.29, 1.82) is 0 Å². The molecule has 1 aliphatic heterocycles. The second-order valence-corrected chi connectivity index (χ2v) is 11.2. The molecular formula is C26H35N3O4S. The fourth-order valence-corrected chi connectivity index (χ4v) is 5.66. The van der Waals surface area contributed by atoms with Crippen LogP contribution in [-0.2, 0) is 25.0 Å². The highest BCUT2D eigenvalue weighted by Crippen LogP contribution is 2.44. The standard InChI is InChI=1S/C26H35N3O4S/c1-20(2)21-4-10-24(11-5-21)34(31,32)28-23-8-6-22(7-9-23)26(12-3-13-26)25(30)27-14-15-29-16-18-33-19-17-29/h4-11,20,28H,3,12-19H2,1-2H3,(H,27,30). The lowest BCUT2D eigenvalue weighted by Crippen LogP contribution is -2.51. The van der Waals surface area contributed by atoms with Crippen LogP contribution < -0.4 is 10.0 Å². The van der Waals surface area contributed by atoms with Crippen LogP contribution in [0, 0.1) is 0 Å². The number of ether oxygens (including phenoxy) is 1. The maximum atomic E-state index is 13.1. The normalized spacial score (nSPS) is 18.3. The molecular weight excluding hydrogens is 450 g/mol. The van der Waals surface area contributed by atoms with Crippen LogP contribution in [0.1, 0.15) is 50.2 Å². The van der Waals surface area contributed by atoms with Crippen molar-refractivity contribution < 1.29 is 17.9 Å².